The van der Waals surface area contributed by atoms with Crippen LogP contribution in [0.25, 0.3) is 0 Å². The SMILES string of the molecule is CC(C)Cn1nc2c(c1Br)CCSC2. The lowest BCUT2D eigenvalue weighted by atomic mass is 10.2. The third kappa shape index (κ3) is 2.01. The van der Waals surface area contributed by atoms with Crippen molar-refractivity contribution in [3.8, 4) is 0 Å². The normalized spacial score (nSPS) is 16.0. The van der Waals surface area contributed by atoms with Crippen LogP contribution >= 0.6 is 27.7 Å². The summed E-state index contributed by atoms with van der Waals surface area (Å²) in [6, 6.07) is 0. The third-order valence-electron chi connectivity index (χ3n) is 2.34. The molecular weight excluding hydrogens is 260 g/mol. The first-order valence-electron chi connectivity index (χ1n) is 5.00. The Bertz CT molecular complexity index is 333. The number of fused-ring (bicyclic) bond motifs is 1. The van der Waals surface area contributed by atoms with E-state index < -0.39 is 0 Å². The number of hydrogen-bond donors (Lipinski definition) is 0. The molecule has 0 unspecified atom stereocenters. The number of rotatable bonds is 2. The minimum atomic E-state index is 0.653. The minimum absolute atomic E-state index is 0.653. The highest BCUT2D eigenvalue weighted by Gasteiger charge is 2.19. The van der Waals surface area contributed by atoms with Crippen LogP contribution in [-0.2, 0) is 18.7 Å². The molecule has 0 aromatic carbocycles. The fraction of sp³-hybridized carbons (Fsp3) is 0.700. The van der Waals surface area contributed by atoms with Crippen molar-refractivity contribution in [1.29, 1.82) is 0 Å². The lowest BCUT2D eigenvalue weighted by Crippen LogP contribution is -2.06. The Kier molecular flexibility index (Phi) is 3.22. The van der Waals surface area contributed by atoms with Gasteiger partial charge in [-0.25, -0.2) is 0 Å². The van der Waals surface area contributed by atoms with Crippen molar-refractivity contribution < 1.29 is 0 Å². The highest BCUT2D eigenvalue weighted by Crippen LogP contribution is 2.30. The Balaban J connectivity index is 2.29. The van der Waals surface area contributed by atoms with Crippen LogP contribution in [0.1, 0.15) is 25.1 Å². The van der Waals surface area contributed by atoms with Gasteiger partial charge >= 0.3 is 0 Å². The number of thioether (sulfide) groups is 1. The molecule has 1 aliphatic rings. The van der Waals surface area contributed by atoms with E-state index in [4.69, 9.17) is 0 Å². The monoisotopic (exact) mass is 274 g/mol. The fourth-order valence-corrected chi connectivity index (χ4v) is 3.27. The second kappa shape index (κ2) is 4.27. The molecule has 2 nitrogen and oxygen atoms in total. The maximum atomic E-state index is 4.64. The van der Waals surface area contributed by atoms with E-state index in [-0.39, 0.29) is 0 Å². The maximum absolute atomic E-state index is 4.64. The summed E-state index contributed by atoms with van der Waals surface area (Å²) in [4.78, 5) is 0. The second-order valence-electron chi connectivity index (χ2n) is 4.09. The molecule has 2 rings (SSSR count). The summed E-state index contributed by atoms with van der Waals surface area (Å²) in [6.45, 7) is 5.46. The van der Waals surface area contributed by atoms with Gasteiger partial charge in [0.15, 0.2) is 0 Å². The van der Waals surface area contributed by atoms with Gasteiger partial charge in [-0.15, -0.1) is 0 Å². The molecule has 0 atom stereocenters. The van der Waals surface area contributed by atoms with Crippen LogP contribution in [-0.4, -0.2) is 15.5 Å². The highest BCUT2D eigenvalue weighted by atomic mass is 79.9. The molecule has 78 valence electrons. The average Bonchev–Trinajstić information content (AvgIpc) is 2.44. The van der Waals surface area contributed by atoms with Gasteiger partial charge in [-0.2, -0.15) is 16.9 Å². The Morgan fingerprint density at radius 1 is 1.57 bits per heavy atom. The largest absolute Gasteiger partial charge is 0.258 e. The number of halogens is 1. The van der Waals surface area contributed by atoms with E-state index in [1.807, 2.05) is 11.8 Å². The van der Waals surface area contributed by atoms with Gasteiger partial charge in [0.2, 0.25) is 0 Å². The average molecular weight is 275 g/mol. The van der Waals surface area contributed by atoms with Gasteiger partial charge in [0.1, 0.15) is 4.60 Å². The molecule has 2 heterocycles. The lowest BCUT2D eigenvalue weighted by Gasteiger charge is -2.08. The lowest BCUT2D eigenvalue weighted by molar-refractivity contribution is 0.474. The molecule has 0 saturated heterocycles. The van der Waals surface area contributed by atoms with Gasteiger partial charge in [0.25, 0.3) is 0 Å². The molecule has 0 fully saturated rings. The molecule has 0 N–H and O–H groups in total. The number of nitrogens with zero attached hydrogens (tertiary/aromatic N) is 2. The topological polar surface area (TPSA) is 17.8 Å². The van der Waals surface area contributed by atoms with Crippen molar-refractivity contribution >= 4 is 27.7 Å². The molecule has 0 spiro atoms. The summed E-state index contributed by atoms with van der Waals surface area (Å²) < 4.78 is 3.32. The van der Waals surface area contributed by atoms with Crippen LogP contribution in [0.2, 0.25) is 0 Å². The van der Waals surface area contributed by atoms with E-state index in [2.05, 4.69) is 39.6 Å². The molecule has 1 aromatic heterocycles. The van der Waals surface area contributed by atoms with Gasteiger partial charge in [0.05, 0.1) is 5.69 Å². The summed E-state index contributed by atoms with van der Waals surface area (Å²) in [5, 5.41) is 4.64. The summed E-state index contributed by atoms with van der Waals surface area (Å²) in [6.07, 6.45) is 1.17. The molecule has 0 saturated carbocycles. The standard InChI is InChI=1S/C10H15BrN2S/c1-7(2)5-13-10(11)8-3-4-14-6-9(8)12-13/h7H,3-6H2,1-2H3. The number of hydrogen-bond acceptors (Lipinski definition) is 2. The predicted octanol–water partition coefficient (Wildman–Crippen LogP) is 3.09. The highest BCUT2D eigenvalue weighted by molar-refractivity contribution is 9.10. The van der Waals surface area contributed by atoms with E-state index in [1.54, 1.807) is 0 Å². The molecule has 0 radical (unpaired) electrons. The van der Waals surface area contributed by atoms with Crippen molar-refractivity contribution in [1.82, 2.24) is 9.78 Å². The first-order chi connectivity index (χ1) is 6.68. The minimum Gasteiger partial charge on any atom is -0.258 e. The van der Waals surface area contributed by atoms with E-state index in [9.17, 15) is 0 Å². The van der Waals surface area contributed by atoms with Gasteiger partial charge < -0.3 is 0 Å². The molecular formula is C10H15BrN2S. The zero-order valence-electron chi connectivity index (χ0n) is 8.59. The van der Waals surface area contributed by atoms with Crippen LogP contribution in [0, 0.1) is 5.92 Å². The molecule has 14 heavy (non-hydrogen) atoms. The Morgan fingerprint density at radius 3 is 3.00 bits per heavy atom. The summed E-state index contributed by atoms with van der Waals surface area (Å²) in [7, 11) is 0. The molecule has 4 heteroatoms. The molecule has 0 bridgehead atoms. The van der Waals surface area contributed by atoms with Gasteiger partial charge in [-0.05, 0) is 34.0 Å². The molecule has 1 aromatic rings. The summed E-state index contributed by atoms with van der Waals surface area (Å²) in [5.74, 6) is 2.97. The van der Waals surface area contributed by atoms with E-state index in [0.717, 1.165) is 12.3 Å². The Morgan fingerprint density at radius 2 is 2.36 bits per heavy atom. The van der Waals surface area contributed by atoms with Gasteiger partial charge in [-0.3, -0.25) is 4.68 Å². The van der Waals surface area contributed by atoms with Crippen LogP contribution < -0.4 is 0 Å². The first kappa shape index (κ1) is 10.6. The van der Waals surface area contributed by atoms with Crippen molar-refractivity contribution in [2.75, 3.05) is 5.75 Å². The summed E-state index contributed by atoms with van der Waals surface area (Å²) >= 11 is 5.64. The van der Waals surface area contributed by atoms with Gasteiger partial charge in [-0.1, -0.05) is 13.8 Å². The van der Waals surface area contributed by atoms with E-state index in [1.165, 1.54) is 28.0 Å². The zero-order chi connectivity index (χ0) is 10.1. The maximum Gasteiger partial charge on any atom is 0.107 e. The molecule has 0 aliphatic carbocycles. The quantitative estimate of drug-likeness (QED) is 0.825. The Hall–Kier alpha value is 0.0400. The second-order valence-corrected chi connectivity index (χ2v) is 5.95. The molecule has 0 amide bonds. The fourth-order valence-electron chi connectivity index (χ4n) is 1.70. The van der Waals surface area contributed by atoms with Crippen molar-refractivity contribution in [2.24, 2.45) is 5.92 Å². The Labute approximate surface area is 97.6 Å². The van der Waals surface area contributed by atoms with Gasteiger partial charge in [0, 0.05) is 17.9 Å². The zero-order valence-corrected chi connectivity index (χ0v) is 11.0. The predicted molar refractivity (Wildman–Crippen MR) is 64.6 cm³/mol. The van der Waals surface area contributed by atoms with Crippen LogP contribution in [0.15, 0.2) is 4.60 Å². The van der Waals surface area contributed by atoms with Crippen molar-refractivity contribution in [3.05, 3.63) is 15.9 Å². The number of aromatic nitrogens is 2. The third-order valence-corrected chi connectivity index (χ3v) is 4.20. The smallest absolute Gasteiger partial charge is 0.107 e. The molecule has 1 aliphatic heterocycles. The van der Waals surface area contributed by atoms with Crippen LogP contribution in [0.3, 0.4) is 0 Å². The van der Waals surface area contributed by atoms with Crippen LogP contribution in [0.5, 0.6) is 0 Å². The van der Waals surface area contributed by atoms with Crippen molar-refractivity contribution in [2.45, 2.75) is 32.6 Å². The van der Waals surface area contributed by atoms with Crippen LogP contribution in [0.4, 0.5) is 0 Å². The van der Waals surface area contributed by atoms with Crippen molar-refractivity contribution in [3.63, 3.8) is 0 Å². The first-order valence-corrected chi connectivity index (χ1v) is 6.95. The van der Waals surface area contributed by atoms with E-state index in [0.29, 0.717) is 5.92 Å². The van der Waals surface area contributed by atoms with E-state index >= 15 is 0 Å². The summed E-state index contributed by atoms with van der Waals surface area (Å²) in [5.41, 5.74) is 2.72.